The van der Waals surface area contributed by atoms with Crippen LogP contribution >= 0.6 is 55.1 Å². The molecule has 2 heterocycles. The maximum absolute atomic E-state index is 12.1. The Labute approximate surface area is 230 Å². The summed E-state index contributed by atoms with van der Waals surface area (Å²) in [6, 6.07) is 6.51. The second-order valence-corrected chi connectivity index (χ2v) is 10.2. The number of unbranched alkanes of at least 4 members (excludes halogenated alkanes) is 1. The molecule has 0 bridgehead atoms. The van der Waals surface area contributed by atoms with Crippen LogP contribution in [-0.4, -0.2) is 32.0 Å². The molecule has 186 valence electrons. The average Bonchev–Trinajstić information content (AvgIpc) is 3.29. The summed E-state index contributed by atoms with van der Waals surface area (Å²) in [6.07, 6.45) is 0.850. The van der Waals surface area contributed by atoms with Crippen molar-refractivity contribution in [2.24, 2.45) is 20.5 Å². The topological polar surface area (TPSA) is 156 Å². The molecular formula is C22H16Br2Cl2N6O4. The number of azo groups is 2. The van der Waals surface area contributed by atoms with Crippen LogP contribution < -0.4 is 0 Å². The van der Waals surface area contributed by atoms with Gasteiger partial charge in [0.15, 0.2) is 11.4 Å². The van der Waals surface area contributed by atoms with E-state index in [9.17, 15) is 19.8 Å². The van der Waals surface area contributed by atoms with E-state index in [0.717, 1.165) is 0 Å². The number of aromatic nitrogens is 2. The first-order valence-electron chi connectivity index (χ1n) is 10.4. The van der Waals surface area contributed by atoms with E-state index in [1.54, 1.807) is 24.3 Å². The molecule has 10 nitrogen and oxygen atoms in total. The van der Waals surface area contributed by atoms with Crippen LogP contribution in [0.2, 0.25) is 10.0 Å². The number of carbonyl (C=O) groups is 2. The largest absolute Gasteiger partial charge is 0.493 e. The van der Waals surface area contributed by atoms with Gasteiger partial charge in [0.1, 0.15) is 0 Å². The van der Waals surface area contributed by atoms with E-state index in [2.05, 4.69) is 62.3 Å². The van der Waals surface area contributed by atoms with Gasteiger partial charge in [-0.2, -0.15) is 0 Å². The first-order valence-corrected chi connectivity index (χ1v) is 12.8. The number of aromatic amines is 2. The second-order valence-electron chi connectivity index (χ2n) is 7.66. The maximum Gasteiger partial charge on any atom is 0.264 e. The molecule has 0 saturated heterocycles. The first kappa shape index (κ1) is 26.3. The zero-order chi connectivity index (χ0) is 26.0. The van der Waals surface area contributed by atoms with Gasteiger partial charge in [-0.15, -0.1) is 20.5 Å². The molecule has 4 rings (SSSR count). The van der Waals surface area contributed by atoms with Gasteiger partial charge in [0.05, 0.1) is 11.0 Å². The second kappa shape index (κ2) is 11.1. The lowest BCUT2D eigenvalue weighted by atomic mass is 10.2. The highest BCUT2D eigenvalue weighted by Gasteiger charge is 2.16. The predicted molar refractivity (Wildman–Crippen MR) is 143 cm³/mol. The number of rotatable bonds is 7. The molecule has 0 radical (unpaired) electrons. The van der Waals surface area contributed by atoms with Crippen molar-refractivity contribution in [2.75, 3.05) is 0 Å². The van der Waals surface area contributed by atoms with Crippen LogP contribution in [0.15, 0.2) is 53.7 Å². The first-order chi connectivity index (χ1) is 17.1. The average molecular weight is 659 g/mol. The number of aromatic hydroxyl groups is 2. The Morgan fingerprint density at radius 3 is 1.53 bits per heavy atom. The van der Waals surface area contributed by atoms with Gasteiger partial charge >= 0.3 is 0 Å². The zero-order valence-electron chi connectivity index (χ0n) is 18.1. The van der Waals surface area contributed by atoms with Crippen molar-refractivity contribution in [3.05, 3.63) is 43.3 Å². The molecule has 4 N–H and O–H groups in total. The molecule has 36 heavy (non-hydrogen) atoms. The van der Waals surface area contributed by atoms with E-state index >= 15 is 0 Å². The Bertz CT molecular complexity index is 1450. The third-order valence-electron chi connectivity index (χ3n) is 5.11. The lowest BCUT2D eigenvalue weighted by Gasteiger charge is -1.97. The van der Waals surface area contributed by atoms with E-state index in [0.29, 0.717) is 53.6 Å². The molecule has 0 unspecified atom stereocenters. The summed E-state index contributed by atoms with van der Waals surface area (Å²) < 4.78 is 1.26. The third-order valence-corrected chi connectivity index (χ3v) is 6.80. The summed E-state index contributed by atoms with van der Waals surface area (Å²) in [7, 11) is 0. The minimum atomic E-state index is -0.509. The molecule has 0 aliphatic rings. The summed E-state index contributed by atoms with van der Waals surface area (Å²) in [5.74, 6) is -1.50. The summed E-state index contributed by atoms with van der Waals surface area (Å²) in [5, 5.41) is 37.1. The van der Waals surface area contributed by atoms with Crippen molar-refractivity contribution in [2.45, 2.75) is 25.7 Å². The van der Waals surface area contributed by atoms with Gasteiger partial charge in [-0.05, 0) is 69.0 Å². The highest BCUT2D eigenvalue weighted by Crippen LogP contribution is 2.41. The quantitative estimate of drug-likeness (QED) is 0.116. The summed E-state index contributed by atoms with van der Waals surface area (Å²) in [5.41, 5.74) is 1.35. The SMILES string of the molecule is O=C(CCCCC(=O)N=Nc1c(O)[nH]c2c(Br)cc(Cl)cc12)N=Nc1c(O)[nH]c2c(Br)cc(Cl)cc12. The Hall–Kier alpha value is -2.80. The molecular weight excluding hydrogens is 643 g/mol. The zero-order valence-corrected chi connectivity index (χ0v) is 22.8. The Balaban J connectivity index is 1.30. The lowest BCUT2D eigenvalue weighted by Crippen LogP contribution is -1.95. The van der Waals surface area contributed by atoms with Gasteiger partial charge < -0.3 is 20.2 Å². The van der Waals surface area contributed by atoms with Crippen molar-refractivity contribution < 1.29 is 19.8 Å². The number of H-pyrrole nitrogens is 2. The third kappa shape index (κ3) is 5.77. The molecule has 0 atom stereocenters. The molecule has 0 aliphatic heterocycles. The van der Waals surface area contributed by atoms with E-state index in [4.69, 9.17) is 23.2 Å². The van der Waals surface area contributed by atoms with Crippen LogP contribution in [0.4, 0.5) is 11.4 Å². The summed E-state index contributed by atoms with van der Waals surface area (Å²) in [6.45, 7) is 0. The molecule has 0 fully saturated rings. The van der Waals surface area contributed by atoms with Crippen LogP contribution in [0.1, 0.15) is 25.7 Å². The van der Waals surface area contributed by atoms with Crippen molar-refractivity contribution in [3.63, 3.8) is 0 Å². The number of nitrogens with zero attached hydrogens (tertiary/aromatic N) is 4. The number of nitrogens with one attached hydrogen (secondary N) is 2. The summed E-state index contributed by atoms with van der Waals surface area (Å²) in [4.78, 5) is 29.7. The van der Waals surface area contributed by atoms with Crippen LogP contribution in [0.3, 0.4) is 0 Å². The maximum atomic E-state index is 12.1. The molecule has 2 aromatic carbocycles. The van der Waals surface area contributed by atoms with Crippen molar-refractivity contribution >= 4 is 100 Å². The standard InChI is InChI=1S/C22H16Br2Cl2N6O4/c23-13-7-9(25)5-11-17(13)27-21(35)19(11)31-29-15(33)3-1-2-4-16(34)30-32-20-12-6-10(26)8-14(24)18(12)28-22(20)36/h5-8,27-28,35-36H,1-4H2. The van der Waals surface area contributed by atoms with Crippen LogP contribution in [0.5, 0.6) is 11.8 Å². The number of benzene rings is 2. The van der Waals surface area contributed by atoms with E-state index < -0.39 is 11.8 Å². The van der Waals surface area contributed by atoms with Crippen LogP contribution in [0.25, 0.3) is 21.8 Å². The van der Waals surface area contributed by atoms with Gasteiger partial charge in [0, 0.05) is 42.6 Å². The number of hydrogen-bond donors (Lipinski definition) is 4. The molecule has 14 heteroatoms. The highest BCUT2D eigenvalue weighted by atomic mass is 79.9. The van der Waals surface area contributed by atoms with Crippen molar-refractivity contribution in [1.29, 1.82) is 0 Å². The van der Waals surface area contributed by atoms with Crippen molar-refractivity contribution in [1.82, 2.24) is 9.97 Å². The number of amides is 2. The van der Waals surface area contributed by atoms with Crippen LogP contribution in [-0.2, 0) is 9.59 Å². The number of halogens is 4. The van der Waals surface area contributed by atoms with Gasteiger partial charge in [-0.1, -0.05) is 23.2 Å². The number of hydrogen-bond acceptors (Lipinski definition) is 6. The smallest absolute Gasteiger partial charge is 0.264 e. The normalized spacial score (nSPS) is 12.0. The Morgan fingerprint density at radius 1 is 0.750 bits per heavy atom. The minimum Gasteiger partial charge on any atom is -0.493 e. The fourth-order valence-corrected chi connectivity index (χ4v) is 5.27. The molecule has 4 aromatic rings. The minimum absolute atomic E-state index is 0.0528. The van der Waals surface area contributed by atoms with E-state index in [1.807, 2.05) is 0 Å². The van der Waals surface area contributed by atoms with Gasteiger partial charge in [-0.3, -0.25) is 9.59 Å². The molecule has 0 aliphatic carbocycles. The Morgan fingerprint density at radius 2 is 1.14 bits per heavy atom. The van der Waals surface area contributed by atoms with Gasteiger partial charge in [0.25, 0.3) is 11.8 Å². The Kier molecular flexibility index (Phi) is 8.08. The van der Waals surface area contributed by atoms with Gasteiger partial charge in [0.2, 0.25) is 11.8 Å². The van der Waals surface area contributed by atoms with Crippen molar-refractivity contribution in [3.8, 4) is 11.8 Å². The monoisotopic (exact) mass is 656 g/mol. The predicted octanol–water partition coefficient (Wildman–Crippen LogP) is 8.37. The summed E-state index contributed by atoms with van der Waals surface area (Å²) >= 11 is 18.8. The molecule has 2 amide bonds. The number of fused-ring (bicyclic) bond motifs is 2. The van der Waals surface area contributed by atoms with Crippen LogP contribution in [0, 0.1) is 0 Å². The fourth-order valence-electron chi connectivity index (χ4n) is 3.45. The lowest BCUT2D eigenvalue weighted by molar-refractivity contribution is -0.120. The number of carbonyl (C=O) groups excluding carboxylic acids is 2. The molecule has 0 saturated carbocycles. The van der Waals surface area contributed by atoms with E-state index in [-0.39, 0.29) is 36.0 Å². The highest BCUT2D eigenvalue weighted by molar-refractivity contribution is 9.11. The molecule has 0 spiro atoms. The fraction of sp³-hybridized carbons (Fsp3) is 0.182. The van der Waals surface area contributed by atoms with Gasteiger partial charge in [-0.25, -0.2) is 0 Å². The molecule has 2 aromatic heterocycles. The van der Waals surface area contributed by atoms with E-state index in [1.165, 1.54) is 0 Å².